The average molecular weight is 273 g/mol. The molecule has 0 aromatic carbocycles. The van der Waals surface area contributed by atoms with Crippen molar-refractivity contribution in [2.75, 3.05) is 11.9 Å². The number of hydrogen-bond donors (Lipinski definition) is 2. The topological polar surface area (TPSA) is 37.0 Å². The summed E-state index contributed by atoms with van der Waals surface area (Å²) >= 11 is 0. The van der Waals surface area contributed by atoms with Gasteiger partial charge in [-0.15, -0.1) is 0 Å². The first kappa shape index (κ1) is 13.9. The van der Waals surface area contributed by atoms with E-state index in [4.69, 9.17) is 0 Å². The number of hydrogen-bond acceptors (Lipinski definition) is 3. The minimum Gasteiger partial charge on any atom is -0.381 e. The molecule has 2 heterocycles. The zero-order chi connectivity index (χ0) is 13.8. The number of nitrogens with one attached hydrogen (secondary N) is 2. The van der Waals surface area contributed by atoms with Crippen molar-refractivity contribution in [3.05, 3.63) is 24.0 Å². The van der Waals surface area contributed by atoms with Crippen molar-refractivity contribution in [1.29, 1.82) is 0 Å². The fourth-order valence-electron chi connectivity index (χ4n) is 3.91. The van der Waals surface area contributed by atoms with Crippen LogP contribution in [0, 0.1) is 12.8 Å². The quantitative estimate of drug-likeness (QED) is 0.885. The third-order valence-corrected chi connectivity index (χ3v) is 4.91. The number of aromatic nitrogens is 1. The summed E-state index contributed by atoms with van der Waals surface area (Å²) in [7, 11) is 0. The maximum atomic E-state index is 4.31. The lowest BCUT2D eigenvalue weighted by atomic mass is 9.77. The normalized spacial score (nSPS) is 30.9. The van der Waals surface area contributed by atoms with Gasteiger partial charge in [-0.3, -0.25) is 4.98 Å². The maximum absolute atomic E-state index is 4.31. The van der Waals surface area contributed by atoms with Gasteiger partial charge in [0.15, 0.2) is 0 Å². The second-order valence-corrected chi connectivity index (χ2v) is 6.51. The largest absolute Gasteiger partial charge is 0.381 e. The first-order valence-corrected chi connectivity index (χ1v) is 8.24. The third-order valence-electron chi connectivity index (χ3n) is 4.91. The van der Waals surface area contributed by atoms with Crippen LogP contribution in [0.1, 0.15) is 50.5 Å². The molecule has 3 nitrogen and oxygen atoms in total. The van der Waals surface area contributed by atoms with Crippen molar-refractivity contribution in [3.63, 3.8) is 0 Å². The molecular weight excluding hydrogens is 246 g/mol. The smallest absolute Gasteiger partial charge is 0.0531 e. The lowest BCUT2D eigenvalue weighted by molar-refractivity contribution is 0.217. The van der Waals surface area contributed by atoms with Crippen LogP contribution in [0.15, 0.2) is 18.5 Å². The highest BCUT2D eigenvalue weighted by Gasteiger charge is 2.32. The molecule has 0 bridgehead atoms. The highest BCUT2D eigenvalue weighted by Crippen LogP contribution is 2.32. The van der Waals surface area contributed by atoms with Crippen LogP contribution >= 0.6 is 0 Å². The van der Waals surface area contributed by atoms with Gasteiger partial charge in [-0.1, -0.05) is 19.3 Å². The Balaban J connectivity index is 1.68. The summed E-state index contributed by atoms with van der Waals surface area (Å²) in [5.41, 5.74) is 2.43. The van der Waals surface area contributed by atoms with Crippen LogP contribution in [0.2, 0.25) is 0 Å². The molecule has 1 aromatic rings. The molecule has 0 spiro atoms. The van der Waals surface area contributed by atoms with Crippen molar-refractivity contribution < 1.29 is 0 Å². The molecule has 3 atom stereocenters. The summed E-state index contributed by atoms with van der Waals surface area (Å²) in [6.07, 6.45) is 13.4. The molecule has 0 amide bonds. The third kappa shape index (κ3) is 3.32. The highest BCUT2D eigenvalue weighted by atomic mass is 15.0. The zero-order valence-corrected chi connectivity index (χ0v) is 12.6. The molecule has 2 fully saturated rings. The molecule has 1 saturated carbocycles. The number of nitrogens with zero attached hydrogens (tertiary/aromatic N) is 1. The van der Waals surface area contributed by atoms with Crippen LogP contribution in [0.25, 0.3) is 0 Å². The standard InChI is InChI=1S/C17H27N3/c1-13-10-14(12-18-11-13)20-17-8-3-2-6-15(17)16-7-4-5-9-19-16/h10-12,15-17,19-20H,2-9H2,1H3. The van der Waals surface area contributed by atoms with Gasteiger partial charge in [0, 0.05) is 24.5 Å². The molecular formula is C17H27N3. The second-order valence-electron chi connectivity index (χ2n) is 6.51. The fourth-order valence-corrected chi connectivity index (χ4v) is 3.91. The molecule has 0 radical (unpaired) electrons. The number of aryl methyl sites for hydroxylation is 1. The lowest BCUT2D eigenvalue weighted by Gasteiger charge is -2.40. The van der Waals surface area contributed by atoms with Gasteiger partial charge in [-0.25, -0.2) is 0 Å². The van der Waals surface area contributed by atoms with Crippen LogP contribution in [-0.2, 0) is 0 Å². The molecule has 1 aliphatic carbocycles. The summed E-state index contributed by atoms with van der Waals surface area (Å²) in [6, 6.07) is 3.55. The Morgan fingerprint density at radius 3 is 2.75 bits per heavy atom. The zero-order valence-electron chi connectivity index (χ0n) is 12.6. The average Bonchev–Trinajstić information content (AvgIpc) is 2.49. The minimum atomic E-state index is 0.614. The van der Waals surface area contributed by atoms with Gasteiger partial charge in [0.05, 0.1) is 5.69 Å². The van der Waals surface area contributed by atoms with E-state index in [-0.39, 0.29) is 0 Å². The van der Waals surface area contributed by atoms with Crippen LogP contribution in [0.4, 0.5) is 5.69 Å². The molecule has 3 heteroatoms. The maximum Gasteiger partial charge on any atom is 0.0531 e. The van der Waals surface area contributed by atoms with Crippen LogP contribution in [0.5, 0.6) is 0 Å². The van der Waals surface area contributed by atoms with Gasteiger partial charge in [-0.2, -0.15) is 0 Å². The van der Waals surface area contributed by atoms with Crippen molar-refractivity contribution >= 4 is 5.69 Å². The highest BCUT2D eigenvalue weighted by molar-refractivity contribution is 5.43. The Hall–Kier alpha value is -1.09. The van der Waals surface area contributed by atoms with Crippen molar-refractivity contribution in [1.82, 2.24) is 10.3 Å². The molecule has 3 rings (SSSR count). The summed E-state index contributed by atoms with van der Waals surface area (Å²) in [5, 5.41) is 7.53. The summed E-state index contributed by atoms with van der Waals surface area (Å²) in [4.78, 5) is 4.31. The Bertz CT molecular complexity index is 426. The van der Waals surface area contributed by atoms with Crippen LogP contribution < -0.4 is 10.6 Å². The monoisotopic (exact) mass is 273 g/mol. The van der Waals surface area contributed by atoms with Gasteiger partial charge in [0.25, 0.3) is 0 Å². The van der Waals surface area contributed by atoms with Crippen molar-refractivity contribution in [2.24, 2.45) is 5.92 Å². The summed E-state index contributed by atoms with van der Waals surface area (Å²) in [6.45, 7) is 3.32. The predicted molar refractivity (Wildman–Crippen MR) is 84.0 cm³/mol. The number of rotatable bonds is 3. The van der Waals surface area contributed by atoms with E-state index in [1.807, 2.05) is 12.4 Å². The SMILES string of the molecule is Cc1cncc(NC2CCCCC2C2CCCCN2)c1. The Labute approximate surface area is 122 Å². The van der Waals surface area contributed by atoms with Gasteiger partial charge in [0.1, 0.15) is 0 Å². The molecule has 2 aliphatic rings. The van der Waals surface area contributed by atoms with E-state index in [1.54, 1.807) is 0 Å². The lowest BCUT2D eigenvalue weighted by Crippen LogP contribution is -2.48. The van der Waals surface area contributed by atoms with Crippen molar-refractivity contribution in [2.45, 2.75) is 64.0 Å². The van der Waals surface area contributed by atoms with E-state index in [1.165, 1.54) is 62.7 Å². The summed E-state index contributed by atoms with van der Waals surface area (Å²) in [5.74, 6) is 0.782. The molecule has 3 unspecified atom stereocenters. The molecule has 1 aromatic heterocycles. The number of pyridine rings is 1. The molecule has 1 aliphatic heterocycles. The van der Waals surface area contributed by atoms with E-state index in [0.717, 1.165) is 12.0 Å². The van der Waals surface area contributed by atoms with E-state index in [9.17, 15) is 0 Å². The fraction of sp³-hybridized carbons (Fsp3) is 0.706. The van der Waals surface area contributed by atoms with E-state index in [2.05, 4.69) is 28.6 Å². The number of anilines is 1. The molecule has 110 valence electrons. The Morgan fingerprint density at radius 2 is 1.95 bits per heavy atom. The Morgan fingerprint density at radius 1 is 1.10 bits per heavy atom. The number of piperidine rings is 1. The second kappa shape index (κ2) is 6.57. The minimum absolute atomic E-state index is 0.614. The van der Waals surface area contributed by atoms with Gasteiger partial charge >= 0.3 is 0 Å². The summed E-state index contributed by atoms with van der Waals surface area (Å²) < 4.78 is 0. The van der Waals surface area contributed by atoms with Crippen molar-refractivity contribution in [3.8, 4) is 0 Å². The van der Waals surface area contributed by atoms with E-state index in [0.29, 0.717) is 6.04 Å². The van der Waals surface area contributed by atoms with Crippen LogP contribution in [0.3, 0.4) is 0 Å². The Kier molecular flexibility index (Phi) is 4.56. The van der Waals surface area contributed by atoms with Gasteiger partial charge in [-0.05, 0) is 56.7 Å². The van der Waals surface area contributed by atoms with E-state index < -0.39 is 0 Å². The van der Waals surface area contributed by atoms with Crippen LogP contribution in [-0.4, -0.2) is 23.6 Å². The molecule has 1 saturated heterocycles. The molecule has 20 heavy (non-hydrogen) atoms. The predicted octanol–water partition coefficient (Wildman–Crippen LogP) is 3.50. The van der Waals surface area contributed by atoms with Gasteiger partial charge in [0.2, 0.25) is 0 Å². The first-order chi connectivity index (χ1) is 9.83. The molecule has 2 N–H and O–H groups in total. The van der Waals surface area contributed by atoms with E-state index >= 15 is 0 Å². The van der Waals surface area contributed by atoms with Gasteiger partial charge < -0.3 is 10.6 Å². The first-order valence-electron chi connectivity index (χ1n) is 8.24.